The van der Waals surface area contributed by atoms with E-state index in [0.717, 1.165) is 16.9 Å². The number of ether oxygens (including phenoxy) is 1. The lowest BCUT2D eigenvalue weighted by Crippen LogP contribution is -2.24. The Morgan fingerprint density at radius 1 is 1.24 bits per heavy atom. The molecule has 1 atom stereocenters. The van der Waals surface area contributed by atoms with Crippen molar-refractivity contribution >= 4 is 34.2 Å². The van der Waals surface area contributed by atoms with Crippen LogP contribution >= 0.6 is 11.6 Å². The van der Waals surface area contributed by atoms with Crippen LogP contribution in [0.2, 0.25) is 5.02 Å². The number of fused-ring (bicyclic) bond motifs is 1. The summed E-state index contributed by atoms with van der Waals surface area (Å²) in [6, 6.07) is 13.3. The summed E-state index contributed by atoms with van der Waals surface area (Å²) in [5, 5.41) is 0.541. The highest BCUT2D eigenvalue weighted by atomic mass is 35.5. The zero-order valence-electron chi connectivity index (χ0n) is 14.1. The molecule has 5 nitrogen and oxygen atoms in total. The predicted molar refractivity (Wildman–Crippen MR) is 98.4 cm³/mol. The van der Waals surface area contributed by atoms with Gasteiger partial charge < -0.3 is 14.2 Å². The number of aromatic nitrogens is 2. The van der Waals surface area contributed by atoms with Crippen molar-refractivity contribution in [2.24, 2.45) is 7.05 Å². The predicted octanol–water partition coefficient (Wildman–Crippen LogP) is 3.76. The van der Waals surface area contributed by atoms with Crippen LogP contribution in [0.1, 0.15) is 18.2 Å². The molecule has 1 aliphatic rings. The number of methoxy groups -OCH3 is 1. The molecule has 0 spiro atoms. The zero-order valence-corrected chi connectivity index (χ0v) is 14.8. The fourth-order valence-electron chi connectivity index (χ4n) is 3.47. The van der Waals surface area contributed by atoms with Crippen molar-refractivity contribution in [1.29, 1.82) is 0 Å². The number of nitrogens with zero attached hydrogens (tertiary/aromatic N) is 3. The van der Waals surface area contributed by atoms with E-state index >= 15 is 0 Å². The first kappa shape index (κ1) is 16.0. The molecule has 3 aromatic rings. The Balaban J connectivity index is 1.69. The third-order valence-corrected chi connectivity index (χ3v) is 5.08. The van der Waals surface area contributed by atoms with Crippen LogP contribution < -0.4 is 9.64 Å². The van der Waals surface area contributed by atoms with E-state index in [-0.39, 0.29) is 11.8 Å². The molecule has 1 saturated heterocycles. The molecule has 128 valence electrons. The van der Waals surface area contributed by atoms with E-state index in [9.17, 15) is 4.79 Å². The summed E-state index contributed by atoms with van der Waals surface area (Å²) >= 11 is 6.32. The van der Waals surface area contributed by atoms with Gasteiger partial charge in [0.05, 0.1) is 28.9 Å². The van der Waals surface area contributed by atoms with Gasteiger partial charge in [0.1, 0.15) is 11.6 Å². The third-order valence-electron chi connectivity index (χ3n) is 4.76. The molecule has 2 heterocycles. The second-order valence-electron chi connectivity index (χ2n) is 6.24. The molecule has 0 saturated carbocycles. The van der Waals surface area contributed by atoms with Gasteiger partial charge in [-0.05, 0) is 24.3 Å². The largest absolute Gasteiger partial charge is 0.497 e. The maximum atomic E-state index is 12.6. The lowest BCUT2D eigenvalue weighted by atomic mass is 10.1. The third kappa shape index (κ3) is 2.65. The van der Waals surface area contributed by atoms with Crippen LogP contribution in [-0.2, 0) is 11.8 Å². The Morgan fingerprint density at radius 2 is 2.04 bits per heavy atom. The number of imidazole rings is 1. The molecular formula is C19H18ClN3O2. The van der Waals surface area contributed by atoms with Crippen molar-refractivity contribution in [1.82, 2.24) is 9.55 Å². The molecule has 0 aliphatic carbocycles. The van der Waals surface area contributed by atoms with E-state index in [1.807, 2.05) is 31.3 Å². The second kappa shape index (κ2) is 6.08. The van der Waals surface area contributed by atoms with Crippen LogP contribution in [0.4, 0.5) is 5.69 Å². The van der Waals surface area contributed by atoms with Crippen molar-refractivity contribution in [2.75, 3.05) is 18.6 Å². The Hall–Kier alpha value is -2.53. The summed E-state index contributed by atoms with van der Waals surface area (Å²) in [5.41, 5.74) is 2.71. The number of carbonyl (C=O) groups excluding carboxylic acids is 1. The molecule has 2 aromatic carbocycles. The number of hydrogen-bond acceptors (Lipinski definition) is 3. The molecule has 1 fully saturated rings. The van der Waals surface area contributed by atoms with Gasteiger partial charge >= 0.3 is 0 Å². The van der Waals surface area contributed by atoms with Crippen molar-refractivity contribution in [2.45, 2.75) is 12.3 Å². The number of aryl methyl sites for hydroxylation is 1. The number of rotatable bonds is 3. The number of benzene rings is 2. The fourth-order valence-corrected chi connectivity index (χ4v) is 3.69. The van der Waals surface area contributed by atoms with E-state index in [2.05, 4.69) is 4.57 Å². The molecule has 4 rings (SSSR count). The number of amides is 1. The van der Waals surface area contributed by atoms with Crippen molar-refractivity contribution < 1.29 is 9.53 Å². The topological polar surface area (TPSA) is 47.4 Å². The van der Waals surface area contributed by atoms with Gasteiger partial charge in [-0.15, -0.1) is 0 Å². The van der Waals surface area contributed by atoms with Gasteiger partial charge in [0.2, 0.25) is 5.91 Å². The molecule has 1 aromatic heterocycles. The van der Waals surface area contributed by atoms with Gasteiger partial charge in [-0.25, -0.2) is 4.98 Å². The second-order valence-corrected chi connectivity index (χ2v) is 6.65. The Bertz CT molecular complexity index is 966. The van der Waals surface area contributed by atoms with Gasteiger partial charge in [0.15, 0.2) is 0 Å². The smallest absolute Gasteiger partial charge is 0.227 e. The normalized spacial score (nSPS) is 17.5. The fraction of sp³-hybridized carbons (Fsp3) is 0.263. The summed E-state index contributed by atoms with van der Waals surface area (Å²) in [4.78, 5) is 19.1. The number of carbonyl (C=O) groups is 1. The number of hydrogen-bond donors (Lipinski definition) is 0. The molecule has 6 heteroatoms. The van der Waals surface area contributed by atoms with Gasteiger partial charge in [0.25, 0.3) is 0 Å². The Kier molecular flexibility index (Phi) is 3.88. The van der Waals surface area contributed by atoms with E-state index in [4.69, 9.17) is 21.3 Å². The van der Waals surface area contributed by atoms with E-state index < -0.39 is 0 Å². The molecule has 0 bridgehead atoms. The van der Waals surface area contributed by atoms with Gasteiger partial charge in [-0.2, -0.15) is 0 Å². The summed E-state index contributed by atoms with van der Waals surface area (Å²) in [6.07, 6.45) is 0.421. The molecular weight excluding hydrogens is 338 g/mol. The van der Waals surface area contributed by atoms with Gasteiger partial charge in [-0.3, -0.25) is 4.79 Å². The molecule has 1 aliphatic heterocycles. The van der Waals surface area contributed by atoms with Gasteiger partial charge in [-0.1, -0.05) is 23.7 Å². The quantitative estimate of drug-likeness (QED) is 0.718. The monoisotopic (exact) mass is 355 g/mol. The number of para-hydroxylation sites is 2. The highest BCUT2D eigenvalue weighted by molar-refractivity contribution is 6.34. The van der Waals surface area contributed by atoms with Crippen LogP contribution in [-0.4, -0.2) is 29.1 Å². The summed E-state index contributed by atoms with van der Waals surface area (Å²) in [5.74, 6) is 1.69. The van der Waals surface area contributed by atoms with E-state index in [1.54, 1.807) is 30.2 Å². The first-order chi connectivity index (χ1) is 12.1. The standard InChI is InChI=1S/C19H18ClN3O2/c1-22-16-6-4-3-5-15(16)21-19(22)12-9-18(24)23(11-12)17-10-13(25-2)7-8-14(17)20/h3-8,10,12H,9,11H2,1-2H3. The lowest BCUT2D eigenvalue weighted by molar-refractivity contribution is -0.117. The van der Waals surface area contributed by atoms with E-state index in [1.165, 1.54) is 0 Å². The SMILES string of the molecule is COc1ccc(Cl)c(N2CC(c3nc4ccccc4n3C)CC2=O)c1. The minimum atomic E-state index is 0.0344. The highest BCUT2D eigenvalue weighted by Gasteiger charge is 2.35. The summed E-state index contributed by atoms with van der Waals surface area (Å²) in [6.45, 7) is 0.558. The summed E-state index contributed by atoms with van der Waals surface area (Å²) < 4.78 is 7.34. The lowest BCUT2D eigenvalue weighted by Gasteiger charge is -2.19. The molecule has 0 radical (unpaired) electrons. The minimum Gasteiger partial charge on any atom is -0.497 e. The number of anilines is 1. The van der Waals surface area contributed by atoms with Crippen molar-refractivity contribution in [3.63, 3.8) is 0 Å². The average Bonchev–Trinajstić information content (AvgIpc) is 3.16. The van der Waals surface area contributed by atoms with Gasteiger partial charge in [0, 0.05) is 32.0 Å². The van der Waals surface area contributed by atoms with Crippen molar-refractivity contribution in [3.8, 4) is 5.75 Å². The minimum absolute atomic E-state index is 0.0344. The van der Waals surface area contributed by atoms with Crippen LogP contribution in [0.3, 0.4) is 0 Å². The summed E-state index contributed by atoms with van der Waals surface area (Å²) in [7, 11) is 3.59. The molecule has 1 unspecified atom stereocenters. The van der Waals surface area contributed by atoms with Crippen LogP contribution in [0.25, 0.3) is 11.0 Å². The Labute approximate surface area is 150 Å². The maximum Gasteiger partial charge on any atom is 0.227 e. The van der Waals surface area contributed by atoms with Crippen LogP contribution in [0, 0.1) is 0 Å². The number of halogens is 1. The van der Waals surface area contributed by atoms with E-state index in [0.29, 0.717) is 29.4 Å². The molecule has 25 heavy (non-hydrogen) atoms. The Morgan fingerprint density at radius 3 is 2.80 bits per heavy atom. The first-order valence-electron chi connectivity index (χ1n) is 8.13. The average molecular weight is 356 g/mol. The maximum absolute atomic E-state index is 12.6. The first-order valence-corrected chi connectivity index (χ1v) is 8.51. The van der Waals surface area contributed by atoms with Crippen LogP contribution in [0.15, 0.2) is 42.5 Å². The molecule has 0 N–H and O–H groups in total. The van der Waals surface area contributed by atoms with Crippen molar-refractivity contribution in [3.05, 3.63) is 53.3 Å². The zero-order chi connectivity index (χ0) is 17.6. The van der Waals surface area contributed by atoms with Crippen LogP contribution in [0.5, 0.6) is 5.75 Å². The molecule has 1 amide bonds. The highest BCUT2D eigenvalue weighted by Crippen LogP contribution is 2.37.